The van der Waals surface area contributed by atoms with Crippen molar-refractivity contribution >= 4 is 5.97 Å². The van der Waals surface area contributed by atoms with Gasteiger partial charge in [0.2, 0.25) is 0 Å². The molecule has 1 saturated carbocycles. The Labute approximate surface area is 133 Å². The molecule has 3 nitrogen and oxygen atoms in total. The van der Waals surface area contributed by atoms with Gasteiger partial charge in [-0.2, -0.15) is 5.26 Å². The van der Waals surface area contributed by atoms with Gasteiger partial charge in [-0.15, -0.1) is 0 Å². The van der Waals surface area contributed by atoms with Crippen molar-refractivity contribution in [3.63, 3.8) is 0 Å². The van der Waals surface area contributed by atoms with E-state index in [0.717, 1.165) is 31.2 Å². The fourth-order valence-electron chi connectivity index (χ4n) is 3.14. The Morgan fingerprint density at radius 3 is 2.27 bits per heavy atom. The maximum absolute atomic E-state index is 12.2. The highest BCUT2D eigenvalue weighted by molar-refractivity contribution is 5.72. The molecule has 2 rings (SSSR count). The molecule has 0 spiro atoms. The van der Waals surface area contributed by atoms with Gasteiger partial charge in [0, 0.05) is 0 Å². The molecule has 0 bridgehead atoms. The molecule has 0 atom stereocenters. The molecule has 1 aliphatic rings. The summed E-state index contributed by atoms with van der Waals surface area (Å²) in [5.41, 5.74) is 1.88. The minimum absolute atomic E-state index is 0.0528. The van der Waals surface area contributed by atoms with E-state index in [4.69, 9.17) is 10.00 Å². The fourth-order valence-corrected chi connectivity index (χ4v) is 3.14. The largest absolute Gasteiger partial charge is 0.461 e. The van der Waals surface area contributed by atoms with Crippen molar-refractivity contribution in [2.75, 3.05) is 0 Å². The zero-order valence-electron chi connectivity index (χ0n) is 13.8. The van der Waals surface area contributed by atoms with Crippen molar-refractivity contribution in [2.24, 2.45) is 17.3 Å². The lowest BCUT2D eigenvalue weighted by molar-refractivity contribution is -0.151. The second-order valence-electron chi connectivity index (χ2n) is 7.33. The first-order valence-electron chi connectivity index (χ1n) is 8.06. The normalized spacial score (nSPS) is 21.9. The Morgan fingerprint density at radius 2 is 1.77 bits per heavy atom. The summed E-state index contributed by atoms with van der Waals surface area (Å²) in [5, 5.41) is 8.76. The Bertz CT molecular complexity index is 540. The minimum Gasteiger partial charge on any atom is -0.461 e. The SMILES string of the molecule is CC(C)(C)C1CCC(C(=O)OCc2ccc(C#N)cc2)CC1. The van der Waals surface area contributed by atoms with Crippen LogP contribution < -0.4 is 0 Å². The van der Waals surface area contributed by atoms with Crippen LogP contribution in [0.4, 0.5) is 0 Å². The Hall–Kier alpha value is -1.82. The summed E-state index contributed by atoms with van der Waals surface area (Å²) in [4.78, 5) is 12.2. The van der Waals surface area contributed by atoms with Crippen LogP contribution in [0.15, 0.2) is 24.3 Å². The van der Waals surface area contributed by atoms with Crippen LogP contribution in [0.3, 0.4) is 0 Å². The van der Waals surface area contributed by atoms with Crippen LogP contribution in [0.1, 0.15) is 57.6 Å². The third-order valence-corrected chi connectivity index (χ3v) is 4.75. The number of hydrogen-bond donors (Lipinski definition) is 0. The van der Waals surface area contributed by atoms with E-state index in [1.807, 2.05) is 12.1 Å². The predicted octanol–water partition coefficient (Wildman–Crippen LogP) is 4.45. The third-order valence-electron chi connectivity index (χ3n) is 4.75. The molecular formula is C19H25NO2. The smallest absolute Gasteiger partial charge is 0.309 e. The average molecular weight is 299 g/mol. The highest BCUT2D eigenvalue weighted by atomic mass is 16.5. The number of nitrogens with zero attached hydrogens (tertiary/aromatic N) is 1. The molecule has 1 aromatic rings. The summed E-state index contributed by atoms with van der Waals surface area (Å²) in [7, 11) is 0. The van der Waals surface area contributed by atoms with Gasteiger partial charge in [-0.05, 0) is 54.7 Å². The number of carbonyl (C=O) groups is 1. The van der Waals surface area contributed by atoms with Crippen molar-refractivity contribution in [1.29, 1.82) is 5.26 Å². The quantitative estimate of drug-likeness (QED) is 0.774. The summed E-state index contributed by atoms with van der Waals surface area (Å²) < 4.78 is 5.44. The van der Waals surface area contributed by atoms with Gasteiger partial charge in [-0.3, -0.25) is 4.79 Å². The Balaban J connectivity index is 1.80. The number of benzene rings is 1. The van der Waals surface area contributed by atoms with Gasteiger partial charge < -0.3 is 4.74 Å². The number of nitriles is 1. The molecule has 118 valence electrons. The van der Waals surface area contributed by atoms with E-state index in [-0.39, 0.29) is 11.9 Å². The number of ether oxygens (including phenoxy) is 1. The molecule has 1 aliphatic carbocycles. The monoisotopic (exact) mass is 299 g/mol. The maximum Gasteiger partial charge on any atom is 0.309 e. The number of hydrogen-bond acceptors (Lipinski definition) is 3. The third kappa shape index (κ3) is 4.34. The molecule has 0 radical (unpaired) electrons. The molecule has 0 heterocycles. The Kier molecular flexibility index (Phi) is 5.24. The van der Waals surface area contributed by atoms with Crippen molar-refractivity contribution in [3.8, 4) is 6.07 Å². The van der Waals surface area contributed by atoms with Crippen LogP contribution >= 0.6 is 0 Å². The van der Waals surface area contributed by atoms with Crippen LogP contribution in [0.5, 0.6) is 0 Å². The molecule has 0 amide bonds. The summed E-state index contributed by atoms with van der Waals surface area (Å²) in [6, 6.07) is 9.25. The van der Waals surface area contributed by atoms with Crippen LogP contribution in [-0.4, -0.2) is 5.97 Å². The second-order valence-corrected chi connectivity index (χ2v) is 7.33. The average Bonchev–Trinajstić information content (AvgIpc) is 2.52. The second kappa shape index (κ2) is 6.96. The summed E-state index contributed by atoms with van der Waals surface area (Å²) in [5.74, 6) is 0.684. The number of esters is 1. The van der Waals surface area contributed by atoms with Crippen LogP contribution in [0, 0.1) is 28.6 Å². The molecular weight excluding hydrogens is 274 g/mol. The maximum atomic E-state index is 12.2. The molecule has 22 heavy (non-hydrogen) atoms. The molecule has 0 unspecified atom stereocenters. The fraction of sp³-hybridized carbons (Fsp3) is 0.579. The molecule has 1 aromatic carbocycles. The first kappa shape index (κ1) is 16.5. The number of carbonyl (C=O) groups excluding carboxylic acids is 1. The lowest BCUT2D eigenvalue weighted by Crippen LogP contribution is -2.29. The molecule has 1 fully saturated rings. The topological polar surface area (TPSA) is 50.1 Å². The van der Waals surface area contributed by atoms with E-state index in [9.17, 15) is 4.79 Å². The first-order chi connectivity index (χ1) is 10.4. The minimum atomic E-state index is -0.0725. The van der Waals surface area contributed by atoms with E-state index in [2.05, 4.69) is 26.8 Å². The van der Waals surface area contributed by atoms with Gasteiger partial charge in [0.1, 0.15) is 6.61 Å². The van der Waals surface area contributed by atoms with Gasteiger partial charge in [0.05, 0.1) is 17.6 Å². The highest BCUT2D eigenvalue weighted by Gasteiger charge is 2.32. The molecule has 3 heteroatoms. The van der Waals surface area contributed by atoms with Crippen molar-refractivity contribution < 1.29 is 9.53 Å². The molecule has 0 N–H and O–H groups in total. The lowest BCUT2D eigenvalue weighted by Gasteiger charge is -2.36. The van der Waals surface area contributed by atoms with Gasteiger partial charge in [-0.25, -0.2) is 0 Å². The van der Waals surface area contributed by atoms with E-state index in [1.54, 1.807) is 12.1 Å². The lowest BCUT2D eigenvalue weighted by atomic mass is 9.70. The van der Waals surface area contributed by atoms with Gasteiger partial charge >= 0.3 is 5.97 Å². The predicted molar refractivity (Wildman–Crippen MR) is 85.9 cm³/mol. The molecule has 0 aliphatic heterocycles. The Morgan fingerprint density at radius 1 is 1.18 bits per heavy atom. The van der Waals surface area contributed by atoms with Gasteiger partial charge in [-0.1, -0.05) is 32.9 Å². The zero-order valence-corrected chi connectivity index (χ0v) is 13.8. The van der Waals surface area contributed by atoms with E-state index in [1.165, 1.54) is 0 Å². The van der Waals surface area contributed by atoms with Crippen molar-refractivity contribution in [3.05, 3.63) is 35.4 Å². The number of rotatable bonds is 3. The van der Waals surface area contributed by atoms with Gasteiger partial charge in [0.15, 0.2) is 0 Å². The summed E-state index contributed by atoms with van der Waals surface area (Å²) in [6.07, 6.45) is 4.10. The standard InChI is InChI=1S/C19H25NO2/c1-19(2,3)17-10-8-16(9-11-17)18(21)22-13-15-6-4-14(12-20)5-7-15/h4-7,16-17H,8-11,13H2,1-3H3. The van der Waals surface area contributed by atoms with Crippen LogP contribution in [0.2, 0.25) is 0 Å². The van der Waals surface area contributed by atoms with Crippen molar-refractivity contribution in [2.45, 2.75) is 53.1 Å². The van der Waals surface area contributed by atoms with Gasteiger partial charge in [0.25, 0.3) is 0 Å². The van der Waals surface area contributed by atoms with E-state index < -0.39 is 0 Å². The zero-order chi connectivity index (χ0) is 16.2. The first-order valence-corrected chi connectivity index (χ1v) is 8.06. The van der Waals surface area contributed by atoms with E-state index in [0.29, 0.717) is 23.5 Å². The highest BCUT2D eigenvalue weighted by Crippen LogP contribution is 2.40. The molecule has 0 saturated heterocycles. The summed E-state index contributed by atoms with van der Waals surface area (Å²) in [6.45, 7) is 7.13. The van der Waals surface area contributed by atoms with E-state index >= 15 is 0 Å². The van der Waals surface area contributed by atoms with Crippen LogP contribution in [0.25, 0.3) is 0 Å². The van der Waals surface area contributed by atoms with Crippen LogP contribution in [-0.2, 0) is 16.1 Å². The molecule has 0 aromatic heterocycles. The summed E-state index contributed by atoms with van der Waals surface area (Å²) >= 11 is 0. The van der Waals surface area contributed by atoms with Crippen molar-refractivity contribution in [1.82, 2.24) is 0 Å².